The Balaban J connectivity index is 1.58. The first-order valence-electron chi connectivity index (χ1n) is 12.2. The molecule has 196 valence electrons. The Morgan fingerprint density at radius 1 is 1.08 bits per heavy atom. The quantitative estimate of drug-likeness (QED) is 0.530. The van der Waals surface area contributed by atoms with Crippen LogP contribution in [0.5, 0.6) is 0 Å². The number of para-hydroxylation sites is 1. The van der Waals surface area contributed by atoms with Gasteiger partial charge in [-0.2, -0.15) is 5.10 Å². The number of carbonyl (C=O) groups excluding carboxylic acids is 3. The number of nitrogens with two attached hydrogens (primary N) is 1. The van der Waals surface area contributed by atoms with Gasteiger partial charge in [-0.25, -0.2) is 8.78 Å². The van der Waals surface area contributed by atoms with Crippen molar-refractivity contribution in [3.8, 4) is 0 Å². The monoisotopic (exact) mass is 511 g/mol. The minimum absolute atomic E-state index is 0.0238. The first-order valence-corrected chi connectivity index (χ1v) is 12.2. The van der Waals surface area contributed by atoms with E-state index in [9.17, 15) is 23.2 Å². The summed E-state index contributed by atoms with van der Waals surface area (Å²) in [6, 6.07) is 12.4. The van der Waals surface area contributed by atoms with Gasteiger partial charge in [-0.3, -0.25) is 19.1 Å². The fourth-order valence-electron chi connectivity index (χ4n) is 4.54. The lowest BCUT2D eigenvalue weighted by atomic mass is 9.84. The molecule has 0 spiro atoms. The predicted octanol–water partition coefficient (Wildman–Crippen LogP) is 3.18. The predicted molar refractivity (Wildman–Crippen MR) is 135 cm³/mol. The van der Waals surface area contributed by atoms with Gasteiger partial charge in [0.25, 0.3) is 11.8 Å². The number of nitrogens with one attached hydrogen (secondary N) is 1. The van der Waals surface area contributed by atoms with Gasteiger partial charge in [0, 0.05) is 31.3 Å². The molecule has 8 nitrogen and oxygen atoms in total. The van der Waals surface area contributed by atoms with Gasteiger partial charge < -0.3 is 16.0 Å². The molecule has 2 heterocycles. The van der Waals surface area contributed by atoms with Crippen molar-refractivity contribution in [1.29, 1.82) is 0 Å². The molecule has 10 heteroatoms. The van der Waals surface area contributed by atoms with Gasteiger partial charge in [-0.1, -0.05) is 51.1 Å². The normalized spacial score (nSPS) is 16.4. The Kier molecular flexibility index (Phi) is 7.03. The molecule has 3 N–H and O–H groups in total. The number of rotatable bonds is 6. The summed E-state index contributed by atoms with van der Waals surface area (Å²) in [4.78, 5) is 39.8. The van der Waals surface area contributed by atoms with Gasteiger partial charge in [0.15, 0.2) is 11.4 Å². The van der Waals surface area contributed by atoms with E-state index in [1.807, 2.05) is 32.9 Å². The summed E-state index contributed by atoms with van der Waals surface area (Å²) in [7, 11) is 0. The van der Waals surface area contributed by atoms with Crippen molar-refractivity contribution in [1.82, 2.24) is 20.0 Å². The molecule has 1 saturated heterocycles. The number of hydrogen-bond acceptors (Lipinski definition) is 4. The van der Waals surface area contributed by atoms with Crippen LogP contribution < -0.4 is 11.1 Å². The summed E-state index contributed by atoms with van der Waals surface area (Å²) in [5.74, 6) is -2.24. The number of alkyl halides is 1. The largest absolute Gasteiger partial charge is 0.367 e. The van der Waals surface area contributed by atoms with Crippen LogP contribution in [-0.2, 0) is 16.1 Å². The molecule has 1 atom stereocenters. The molecule has 1 aliphatic rings. The number of likely N-dealkylation sites (tertiary alicyclic amines) is 1. The Morgan fingerprint density at radius 3 is 2.30 bits per heavy atom. The van der Waals surface area contributed by atoms with Crippen molar-refractivity contribution in [2.45, 2.75) is 51.9 Å². The number of aromatic nitrogens is 2. The second-order valence-electron chi connectivity index (χ2n) is 10.6. The van der Waals surface area contributed by atoms with Crippen LogP contribution in [0.3, 0.4) is 0 Å². The van der Waals surface area contributed by atoms with Gasteiger partial charge in [0.05, 0.1) is 12.1 Å². The molecular formula is C27H31F2N5O3. The van der Waals surface area contributed by atoms with Crippen LogP contribution in [0.4, 0.5) is 8.78 Å². The number of primary amides is 1. The van der Waals surface area contributed by atoms with Crippen LogP contribution >= 0.6 is 0 Å². The third-order valence-electron chi connectivity index (χ3n) is 6.82. The molecule has 37 heavy (non-hydrogen) atoms. The highest BCUT2D eigenvalue weighted by molar-refractivity contribution is 6.06. The zero-order valence-electron chi connectivity index (χ0n) is 21.1. The van der Waals surface area contributed by atoms with E-state index in [0.29, 0.717) is 11.9 Å². The second kappa shape index (κ2) is 9.91. The highest BCUT2D eigenvalue weighted by Crippen LogP contribution is 2.29. The molecule has 0 saturated carbocycles. The number of benzene rings is 2. The zero-order valence-corrected chi connectivity index (χ0v) is 21.1. The summed E-state index contributed by atoms with van der Waals surface area (Å²) in [5, 5.41) is 8.00. The highest BCUT2D eigenvalue weighted by atomic mass is 19.1. The molecule has 0 radical (unpaired) electrons. The van der Waals surface area contributed by atoms with E-state index in [1.165, 1.54) is 17.0 Å². The second-order valence-corrected chi connectivity index (χ2v) is 10.6. The number of fused-ring (bicyclic) bond motifs is 1. The molecule has 2 aromatic carbocycles. The van der Waals surface area contributed by atoms with Crippen molar-refractivity contribution in [2.24, 2.45) is 11.1 Å². The first kappa shape index (κ1) is 26.2. The number of carbonyl (C=O) groups is 3. The van der Waals surface area contributed by atoms with Gasteiger partial charge in [0.1, 0.15) is 11.9 Å². The maximum absolute atomic E-state index is 14.6. The molecule has 1 aliphatic heterocycles. The minimum atomic E-state index is -2.13. The topological polar surface area (TPSA) is 110 Å². The Hall–Kier alpha value is -3.82. The summed E-state index contributed by atoms with van der Waals surface area (Å²) in [6.45, 7) is 5.86. The van der Waals surface area contributed by atoms with Crippen molar-refractivity contribution in [3.63, 3.8) is 0 Å². The number of amides is 3. The van der Waals surface area contributed by atoms with Crippen molar-refractivity contribution < 1.29 is 23.2 Å². The number of piperidine rings is 1. The summed E-state index contributed by atoms with van der Waals surface area (Å²) in [6.07, 6.45) is -0.366. The average molecular weight is 512 g/mol. The lowest BCUT2D eigenvalue weighted by Gasteiger charge is -2.39. The van der Waals surface area contributed by atoms with Crippen molar-refractivity contribution in [2.75, 3.05) is 13.1 Å². The smallest absolute Gasteiger partial charge is 0.273 e. The van der Waals surface area contributed by atoms with Gasteiger partial charge in [-0.05, 0) is 29.2 Å². The third-order valence-corrected chi connectivity index (χ3v) is 6.82. The molecule has 1 aromatic heterocycles. The molecule has 3 amide bonds. The fourth-order valence-corrected chi connectivity index (χ4v) is 4.54. The van der Waals surface area contributed by atoms with E-state index >= 15 is 0 Å². The first-order chi connectivity index (χ1) is 17.4. The molecule has 4 rings (SSSR count). The third kappa shape index (κ3) is 5.47. The van der Waals surface area contributed by atoms with E-state index in [1.54, 1.807) is 28.9 Å². The van der Waals surface area contributed by atoms with E-state index in [2.05, 4.69) is 10.4 Å². The van der Waals surface area contributed by atoms with Crippen LogP contribution in [0.1, 0.15) is 49.7 Å². The minimum Gasteiger partial charge on any atom is -0.367 e. The Labute approximate surface area is 213 Å². The zero-order chi connectivity index (χ0) is 27.0. The summed E-state index contributed by atoms with van der Waals surface area (Å²) < 4.78 is 29.6. The fraction of sp³-hybridized carbons (Fsp3) is 0.407. The van der Waals surface area contributed by atoms with Gasteiger partial charge in [0.2, 0.25) is 5.91 Å². The van der Waals surface area contributed by atoms with E-state index < -0.39 is 28.9 Å². The Bertz CT molecular complexity index is 1320. The number of nitrogens with zero attached hydrogens (tertiary/aromatic N) is 3. The number of hydrogen-bond donors (Lipinski definition) is 2. The summed E-state index contributed by atoms with van der Waals surface area (Å²) >= 11 is 0. The van der Waals surface area contributed by atoms with E-state index in [4.69, 9.17) is 5.73 Å². The van der Waals surface area contributed by atoms with Crippen LogP contribution in [0.15, 0.2) is 48.5 Å². The lowest BCUT2D eigenvalue weighted by Crippen LogP contribution is -2.58. The van der Waals surface area contributed by atoms with Gasteiger partial charge in [-0.15, -0.1) is 0 Å². The van der Waals surface area contributed by atoms with E-state index in [-0.39, 0.29) is 43.3 Å². The maximum Gasteiger partial charge on any atom is 0.273 e. The standard InChI is InChI=1S/C27H31F2N5O3/c1-26(2,3)22(24(36)33-14-12-27(29,13-15-33)25(30)37)31-23(35)21-19-6-4-5-7-20(19)34(32-21)16-17-8-10-18(28)11-9-17/h4-11,22H,12-16H2,1-3H3,(H2,30,37)(H,31,35)/t22-/m1/s1. The molecule has 1 fully saturated rings. The SMILES string of the molecule is CC(C)(C)[C@H](NC(=O)c1nn(Cc2ccc(F)cc2)c2ccccc12)C(=O)N1CCC(F)(C(N)=O)CC1. The molecule has 0 bridgehead atoms. The lowest BCUT2D eigenvalue weighted by molar-refractivity contribution is -0.143. The molecule has 3 aromatic rings. The van der Waals surface area contributed by atoms with Crippen LogP contribution in [-0.4, -0.2) is 57.2 Å². The van der Waals surface area contributed by atoms with Crippen LogP contribution in [0, 0.1) is 11.2 Å². The van der Waals surface area contributed by atoms with E-state index in [0.717, 1.165) is 11.1 Å². The molecule has 0 aliphatic carbocycles. The van der Waals surface area contributed by atoms with Crippen molar-refractivity contribution >= 4 is 28.6 Å². The molecule has 0 unspecified atom stereocenters. The maximum atomic E-state index is 14.6. The van der Waals surface area contributed by atoms with Gasteiger partial charge >= 0.3 is 0 Å². The molecular weight excluding hydrogens is 480 g/mol. The highest BCUT2D eigenvalue weighted by Gasteiger charge is 2.44. The average Bonchev–Trinajstić information content (AvgIpc) is 3.21. The van der Waals surface area contributed by atoms with Crippen molar-refractivity contribution in [3.05, 3.63) is 65.6 Å². The van der Waals surface area contributed by atoms with Crippen LogP contribution in [0.2, 0.25) is 0 Å². The Morgan fingerprint density at radius 2 is 1.70 bits per heavy atom. The summed E-state index contributed by atoms with van der Waals surface area (Å²) in [5.41, 5.74) is 4.09. The van der Waals surface area contributed by atoms with Crippen LogP contribution in [0.25, 0.3) is 10.9 Å². The number of halogens is 2.